The second-order valence-corrected chi connectivity index (χ2v) is 6.69. The Morgan fingerprint density at radius 2 is 1.97 bits per heavy atom. The number of benzene rings is 1. The number of rotatable bonds is 7. The first-order valence-electron chi connectivity index (χ1n) is 9.51. The zero-order valence-electron chi connectivity index (χ0n) is 16.5. The Morgan fingerprint density at radius 3 is 2.58 bits per heavy atom. The van der Waals surface area contributed by atoms with Gasteiger partial charge in [0.2, 0.25) is 12.8 Å². The Labute approximate surface area is 174 Å². The van der Waals surface area contributed by atoms with Crippen molar-refractivity contribution in [3.63, 3.8) is 0 Å². The third kappa shape index (κ3) is 5.12. The molecule has 1 amide bonds. The number of hydrogen-bond acceptors (Lipinski definition) is 6. The minimum atomic E-state index is -4.68. The van der Waals surface area contributed by atoms with Crippen molar-refractivity contribution in [3.05, 3.63) is 35.3 Å². The van der Waals surface area contributed by atoms with Crippen molar-refractivity contribution in [1.29, 1.82) is 0 Å². The molecule has 1 aliphatic rings. The molecule has 1 aromatic carbocycles. The van der Waals surface area contributed by atoms with E-state index in [0.29, 0.717) is 19.3 Å². The van der Waals surface area contributed by atoms with Gasteiger partial charge in [-0.3, -0.25) is 4.79 Å². The molecule has 0 spiro atoms. The van der Waals surface area contributed by atoms with Gasteiger partial charge in [0, 0.05) is 31.9 Å². The first-order chi connectivity index (χ1) is 14.7. The smallest absolute Gasteiger partial charge is 0.421 e. The summed E-state index contributed by atoms with van der Waals surface area (Å²) in [5, 5.41) is 4.93. The summed E-state index contributed by atoms with van der Waals surface area (Å²) in [6.45, 7) is 1.50. The number of ether oxygens (including phenoxy) is 1. The molecule has 2 N–H and O–H groups in total. The van der Waals surface area contributed by atoms with Gasteiger partial charge in [0.05, 0.1) is 11.3 Å². The summed E-state index contributed by atoms with van der Waals surface area (Å²) in [7, 11) is 0. The zero-order chi connectivity index (χ0) is 22.6. The maximum atomic E-state index is 14.7. The lowest BCUT2D eigenvalue weighted by Gasteiger charge is -2.19. The molecule has 2 aromatic rings. The van der Waals surface area contributed by atoms with Crippen LogP contribution in [0.2, 0.25) is 0 Å². The average molecular weight is 445 g/mol. The molecule has 12 heteroatoms. The molecule has 31 heavy (non-hydrogen) atoms. The van der Waals surface area contributed by atoms with E-state index >= 15 is 0 Å². The highest BCUT2D eigenvalue weighted by atomic mass is 19.4. The molecule has 0 bridgehead atoms. The second-order valence-electron chi connectivity index (χ2n) is 6.69. The fourth-order valence-electron chi connectivity index (χ4n) is 3.16. The van der Waals surface area contributed by atoms with E-state index in [2.05, 4.69) is 20.6 Å². The monoisotopic (exact) mass is 445 g/mol. The Kier molecular flexibility index (Phi) is 6.76. The lowest BCUT2D eigenvalue weighted by molar-refractivity contribution is -0.137. The summed E-state index contributed by atoms with van der Waals surface area (Å²) in [4.78, 5) is 21.5. The van der Waals surface area contributed by atoms with Gasteiger partial charge in [0.25, 0.3) is 5.91 Å². The molecule has 168 valence electrons. The maximum Gasteiger partial charge on any atom is 0.421 e. The fourth-order valence-corrected chi connectivity index (χ4v) is 3.16. The second kappa shape index (κ2) is 9.31. The Balaban J connectivity index is 1.93. The summed E-state index contributed by atoms with van der Waals surface area (Å²) in [6, 6.07) is 1.94. The van der Waals surface area contributed by atoms with Gasteiger partial charge < -0.3 is 20.3 Å². The molecule has 1 saturated heterocycles. The van der Waals surface area contributed by atoms with E-state index in [0.717, 1.165) is 25.0 Å². The van der Waals surface area contributed by atoms with Gasteiger partial charge in [-0.2, -0.15) is 18.2 Å². The van der Waals surface area contributed by atoms with Gasteiger partial charge in [0.15, 0.2) is 0 Å². The number of alkyl halides is 4. The van der Waals surface area contributed by atoms with Gasteiger partial charge >= 0.3 is 6.18 Å². The number of anilines is 3. The molecule has 7 nitrogen and oxygen atoms in total. The minimum absolute atomic E-state index is 0.149. The van der Waals surface area contributed by atoms with Crippen LogP contribution < -0.4 is 15.4 Å². The topological polar surface area (TPSA) is 79.4 Å². The SMILES string of the molecule is CCNc1nc(Nc2cc(OCF)c(C(=O)N3CCCC3)cc2F)ncc1C(F)(F)F. The van der Waals surface area contributed by atoms with E-state index in [1.54, 1.807) is 6.92 Å². The molecule has 1 aromatic heterocycles. The molecule has 1 fully saturated rings. The van der Waals surface area contributed by atoms with Crippen molar-refractivity contribution in [3.8, 4) is 5.75 Å². The Hall–Kier alpha value is -3.18. The number of carbonyl (C=O) groups excluding carboxylic acids is 1. The zero-order valence-corrected chi connectivity index (χ0v) is 16.5. The van der Waals surface area contributed by atoms with Crippen molar-refractivity contribution in [1.82, 2.24) is 14.9 Å². The van der Waals surface area contributed by atoms with E-state index < -0.39 is 36.1 Å². The van der Waals surface area contributed by atoms with E-state index in [1.165, 1.54) is 4.90 Å². The number of amides is 1. The first kappa shape index (κ1) is 22.5. The van der Waals surface area contributed by atoms with Crippen LogP contribution in [0.5, 0.6) is 5.75 Å². The third-order valence-electron chi connectivity index (χ3n) is 4.59. The lowest BCUT2D eigenvalue weighted by Crippen LogP contribution is -2.28. The number of nitrogens with one attached hydrogen (secondary N) is 2. The normalized spacial score (nSPS) is 13.9. The number of aromatic nitrogens is 2. The highest BCUT2D eigenvalue weighted by Gasteiger charge is 2.35. The largest absolute Gasteiger partial charge is 0.462 e. The average Bonchev–Trinajstić information content (AvgIpc) is 3.24. The van der Waals surface area contributed by atoms with Crippen molar-refractivity contribution in [2.75, 3.05) is 37.1 Å². The molecule has 0 atom stereocenters. The molecule has 1 aliphatic heterocycles. The van der Waals surface area contributed by atoms with Crippen LogP contribution in [0.4, 0.5) is 39.4 Å². The van der Waals surface area contributed by atoms with Crippen LogP contribution in [0.15, 0.2) is 18.3 Å². The van der Waals surface area contributed by atoms with E-state index in [4.69, 9.17) is 4.74 Å². The summed E-state index contributed by atoms with van der Waals surface area (Å²) < 4.78 is 71.7. The van der Waals surface area contributed by atoms with Gasteiger partial charge in [-0.1, -0.05) is 0 Å². The van der Waals surface area contributed by atoms with E-state index in [-0.39, 0.29) is 29.5 Å². The summed E-state index contributed by atoms with van der Waals surface area (Å²) in [6.07, 6.45) is -2.49. The van der Waals surface area contributed by atoms with Gasteiger partial charge in [-0.15, -0.1) is 0 Å². The molecule has 0 unspecified atom stereocenters. The van der Waals surface area contributed by atoms with Gasteiger partial charge in [0.1, 0.15) is 22.9 Å². The maximum absolute atomic E-state index is 14.7. The van der Waals surface area contributed by atoms with E-state index in [9.17, 15) is 26.7 Å². The molecule has 0 aliphatic carbocycles. The van der Waals surface area contributed by atoms with Crippen molar-refractivity contribution in [2.45, 2.75) is 25.9 Å². The quantitative estimate of drug-likeness (QED) is 0.617. The molecular weight excluding hydrogens is 425 g/mol. The number of hydrogen-bond donors (Lipinski definition) is 2. The van der Waals surface area contributed by atoms with Crippen LogP contribution in [0.1, 0.15) is 35.7 Å². The van der Waals surface area contributed by atoms with Crippen LogP contribution in [0.3, 0.4) is 0 Å². The number of nitrogens with zero attached hydrogens (tertiary/aromatic N) is 3. The third-order valence-corrected chi connectivity index (χ3v) is 4.59. The van der Waals surface area contributed by atoms with Gasteiger partial charge in [-0.25, -0.2) is 13.8 Å². The lowest BCUT2D eigenvalue weighted by atomic mass is 10.1. The van der Waals surface area contributed by atoms with Crippen LogP contribution in [-0.4, -0.2) is 47.3 Å². The predicted octanol–water partition coefficient (Wildman–Crippen LogP) is 4.35. The van der Waals surface area contributed by atoms with Gasteiger partial charge in [-0.05, 0) is 25.8 Å². The summed E-state index contributed by atoms with van der Waals surface area (Å²) in [5.74, 6) is -2.40. The van der Waals surface area contributed by atoms with Crippen LogP contribution >= 0.6 is 0 Å². The number of halogens is 5. The highest BCUT2D eigenvalue weighted by Crippen LogP contribution is 2.35. The first-order valence-corrected chi connectivity index (χ1v) is 9.51. The summed E-state index contributed by atoms with van der Waals surface area (Å²) in [5.41, 5.74) is -1.51. The number of carbonyl (C=O) groups is 1. The van der Waals surface area contributed by atoms with Crippen LogP contribution in [-0.2, 0) is 6.18 Å². The van der Waals surface area contributed by atoms with Crippen molar-refractivity contribution in [2.24, 2.45) is 0 Å². The van der Waals surface area contributed by atoms with Crippen molar-refractivity contribution >= 4 is 23.4 Å². The van der Waals surface area contributed by atoms with Crippen molar-refractivity contribution < 1.29 is 31.5 Å². The predicted molar refractivity (Wildman–Crippen MR) is 103 cm³/mol. The summed E-state index contributed by atoms with van der Waals surface area (Å²) >= 11 is 0. The molecular formula is C19H20F5N5O2. The molecule has 3 rings (SSSR count). The van der Waals surface area contributed by atoms with Crippen LogP contribution in [0, 0.1) is 5.82 Å². The highest BCUT2D eigenvalue weighted by molar-refractivity contribution is 5.97. The minimum Gasteiger partial charge on any atom is -0.462 e. The Morgan fingerprint density at radius 1 is 1.26 bits per heavy atom. The number of likely N-dealkylation sites (tertiary alicyclic amines) is 1. The molecule has 2 heterocycles. The van der Waals surface area contributed by atoms with E-state index in [1.807, 2.05) is 0 Å². The molecule has 0 saturated carbocycles. The standard InChI is InChI=1S/C19H20F5N5O2/c1-2-25-16-12(19(22,23)24)9-26-18(28-16)27-14-8-15(31-10-20)11(7-13(14)21)17(30)29-5-3-4-6-29/h7-9H,2-6,10H2,1H3,(H2,25,26,27,28). The fraction of sp³-hybridized carbons (Fsp3) is 0.421. The molecule has 0 radical (unpaired) electrons. The Bertz CT molecular complexity index is 948. The van der Waals surface area contributed by atoms with Crippen LogP contribution in [0.25, 0.3) is 0 Å².